The molecule has 0 spiro atoms. The molecule has 0 aromatic rings. The Morgan fingerprint density at radius 2 is 1.65 bits per heavy atom. The molecule has 0 aromatic heterocycles. The second kappa shape index (κ2) is 4.54. The van der Waals surface area contributed by atoms with E-state index in [4.69, 9.17) is 12.2 Å². The van der Waals surface area contributed by atoms with Gasteiger partial charge in [0.15, 0.2) is 11.6 Å². The van der Waals surface area contributed by atoms with Gasteiger partial charge in [0.2, 0.25) is 4.75 Å². The van der Waals surface area contributed by atoms with Crippen molar-refractivity contribution in [1.82, 2.24) is 5.32 Å². The second-order valence-corrected chi connectivity index (χ2v) is 5.64. The Bertz CT molecular complexity index is 453. The van der Waals surface area contributed by atoms with Gasteiger partial charge >= 0.3 is 0 Å². The van der Waals surface area contributed by atoms with Crippen molar-refractivity contribution in [3.05, 3.63) is 24.3 Å². The highest BCUT2D eigenvalue weighted by molar-refractivity contribution is 8.26. The third kappa shape index (κ3) is 2.10. The molecule has 1 heterocycles. The average molecular weight is 269 g/mol. The van der Waals surface area contributed by atoms with Gasteiger partial charge in [-0.1, -0.05) is 37.1 Å². The number of allylic oxidation sites excluding steroid dienone is 2. The summed E-state index contributed by atoms with van der Waals surface area (Å²) in [5.74, 6) is -1.98. The molecule has 1 amide bonds. The van der Waals surface area contributed by atoms with E-state index in [0.717, 1.165) is 11.8 Å². The van der Waals surface area contributed by atoms with Gasteiger partial charge in [0.1, 0.15) is 4.32 Å². The van der Waals surface area contributed by atoms with Crippen LogP contribution < -0.4 is 5.32 Å². The van der Waals surface area contributed by atoms with Gasteiger partial charge in [0, 0.05) is 0 Å². The number of hydrogen-bond donors (Lipinski definition) is 1. The zero-order chi connectivity index (χ0) is 13.4. The molecule has 1 aliphatic rings. The Kier molecular flexibility index (Phi) is 3.68. The van der Waals surface area contributed by atoms with Crippen LogP contribution in [0.1, 0.15) is 13.8 Å². The van der Waals surface area contributed by atoms with Crippen LogP contribution in [0.4, 0.5) is 0 Å². The number of thioether (sulfide) groups is 1. The quantitative estimate of drug-likeness (QED) is 0.471. The highest BCUT2D eigenvalue weighted by Gasteiger charge is 2.58. The van der Waals surface area contributed by atoms with Crippen molar-refractivity contribution in [2.75, 3.05) is 0 Å². The van der Waals surface area contributed by atoms with Crippen LogP contribution in [0.5, 0.6) is 0 Å². The topological polar surface area (TPSA) is 63.2 Å². The number of Topliss-reactive ketones (excluding diaryl/α,β-unsaturated/α-hetero) is 2. The standard InChI is InChI=1S/C11H11NO3S2/c1-5(2)7(13)11(8(14)6(3)4)9(15)12-10(16)17-11/h1,3H2,2,4H3,(H,12,15,16). The predicted octanol–water partition coefficient (Wildman–Crippen LogP) is 1.16. The lowest BCUT2D eigenvalue weighted by molar-refractivity contribution is -0.134. The Morgan fingerprint density at radius 1 is 1.24 bits per heavy atom. The number of nitrogens with one attached hydrogen (secondary N) is 1. The number of amides is 1. The molecule has 1 N–H and O–H groups in total. The van der Waals surface area contributed by atoms with Gasteiger partial charge in [0.25, 0.3) is 5.91 Å². The van der Waals surface area contributed by atoms with Gasteiger partial charge in [-0.15, -0.1) is 0 Å². The Hall–Kier alpha value is -1.27. The van der Waals surface area contributed by atoms with Crippen molar-refractivity contribution in [2.45, 2.75) is 18.6 Å². The molecular weight excluding hydrogens is 258 g/mol. The number of thiocarbonyl (C=S) groups is 1. The van der Waals surface area contributed by atoms with Gasteiger partial charge in [-0.3, -0.25) is 14.4 Å². The van der Waals surface area contributed by atoms with Crippen LogP contribution in [0.3, 0.4) is 0 Å². The molecule has 4 nitrogen and oxygen atoms in total. The summed E-state index contributed by atoms with van der Waals surface area (Å²) in [6.07, 6.45) is 0. The number of rotatable bonds is 4. The van der Waals surface area contributed by atoms with Gasteiger partial charge in [0.05, 0.1) is 0 Å². The van der Waals surface area contributed by atoms with Gasteiger partial charge in [-0.2, -0.15) is 0 Å². The third-order valence-corrected chi connectivity index (χ3v) is 3.70. The average Bonchev–Trinajstić information content (AvgIpc) is 2.52. The summed E-state index contributed by atoms with van der Waals surface area (Å²) in [5.41, 5.74) is 0.263. The lowest BCUT2D eigenvalue weighted by atomic mass is 9.90. The molecule has 1 aliphatic heterocycles. The maximum atomic E-state index is 12.1. The summed E-state index contributed by atoms with van der Waals surface area (Å²) in [4.78, 5) is 36.0. The largest absolute Gasteiger partial charge is 0.310 e. The predicted molar refractivity (Wildman–Crippen MR) is 70.7 cm³/mol. The highest BCUT2D eigenvalue weighted by atomic mass is 32.2. The van der Waals surface area contributed by atoms with E-state index in [2.05, 4.69) is 18.5 Å². The number of ketones is 2. The molecule has 6 heteroatoms. The fourth-order valence-corrected chi connectivity index (χ4v) is 2.96. The maximum Gasteiger partial charge on any atom is 0.258 e. The fraction of sp³-hybridized carbons (Fsp3) is 0.273. The number of carbonyl (C=O) groups excluding carboxylic acids is 3. The lowest BCUT2D eigenvalue weighted by Gasteiger charge is -2.21. The van der Waals surface area contributed by atoms with E-state index < -0.39 is 22.2 Å². The number of hydrogen-bond acceptors (Lipinski definition) is 5. The monoisotopic (exact) mass is 269 g/mol. The van der Waals surface area contributed by atoms with Crippen LogP contribution in [-0.2, 0) is 14.4 Å². The molecule has 0 aromatic carbocycles. The van der Waals surface area contributed by atoms with Crippen molar-refractivity contribution in [2.24, 2.45) is 0 Å². The highest BCUT2D eigenvalue weighted by Crippen LogP contribution is 2.37. The molecule has 0 radical (unpaired) electrons. The molecular formula is C11H11NO3S2. The number of carbonyl (C=O) groups is 3. The molecule has 0 unspecified atom stereocenters. The molecule has 17 heavy (non-hydrogen) atoms. The van der Waals surface area contributed by atoms with Crippen molar-refractivity contribution < 1.29 is 14.4 Å². The molecule has 1 fully saturated rings. The van der Waals surface area contributed by atoms with Crippen molar-refractivity contribution in [3.63, 3.8) is 0 Å². The van der Waals surface area contributed by atoms with Crippen molar-refractivity contribution >= 4 is 45.8 Å². The van der Waals surface area contributed by atoms with Crippen molar-refractivity contribution in [1.29, 1.82) is 0 Å². The van der Waals surface area contributed by atoms with E-state index in [-0.39, 0.29) is 15.5 Å². The maximum absolute atomic E-state index is 12.1. The third-order valence-electron chi connectivity index (χ3n) is 2.20. The van der Waals surface area contributed by atoms with Crippen LogP contribution in [0.15, 0.2) is 24.3 Å². The minimum absolute atomic E-state index is 0.110. The van der Waals surface area contributed by atoms with Crippen molar-refractivity contribution in [3.8, 4) is 0 Å². The first-order valence-corrected chi connectivity index (χ1v) is 5.91. The molecule has 1 saturated heterocycles. The minimum atomic E-state index is -1.87. The van der Waals surface area contributed by atoms with E-state index in [0.29, 0.717) is 0 Å². The summed E-state index contributed by atoms with van der Waals surface area (Å²) in [7, 11) is 0. The minimum Gasteiger partial charge on any atom is -0.310 e. The van der Waals surface area contributed by atoms with Gasteiger partial charge in [-0.05, 0) is 25.0 Å². The second-order valence-electron chi connectivity index (χ2n) is 3.74. The zero-order valence-corrected chi connectivity index (χ0v) is 11.1. The Balaban J connectivity index is 3.39. The first-order chi connectivity index (χ1) is 7.73. The Labute approximate surface area is 109 Å². The van der Waals surface area contributed by atoms with Crippen LogP contribution in [0.25, 0.3) is 0 Å². The summed E-state index contributed by atoms with van der Waals surface area (Å²) in [5, 5.41) is 2.31. The molecule has 90 valence electrons. The van der Waals surface area contributed by atoms with Crippen LogP contribution in [-0.4, -0.2) is 26.5 Å². The molecule has 0 saturated carbocycles. The van der Waals surface area contributed by atoms with E-state index in [9.17, 15) is 14.4 Å². The molecule has 0 aliphatic carbocycles. The summed E-state index contributed by atoms with van der Waals surface area (Å²) < 4.78 is -1.76. The molecule has 0 bridgehead atoms. The first-order valence-electron chi connectivity index (χ1n) is 4.68. The van der Waals surface area contributed by atoms with Crippen LogP contribution in [0, 0.1) is 0 Å². The summed E-state index contributed by atoms with van der Waals surface area (Å²) >= 11 is 5.57. The fourth-order valence-electron chi connectivity index (χ4n) is 1.39. The molecule has 0 atom stereocenters. The van der Waals surface area contributed by atoms with E-state index in [1.165, 1.54) is 13.8 Å². The first kappa shape index (κ1) is 13.8. The van der Waals surface area contributed by atoms with E-state index in [1.807, 2.05) is 0 Å². The lowest BCUT2D eigenvalue weighted by Crippen LogP contribution is -2.51. The van der Waals surface area contributed by atoms with E-state index >= 15 is 0 Å². The Morgan fingerprint density at radius 3 is 1.88 bits per heavy atom. The van der Waals surface area contributed by atoms with Gasteiger partial charge < -0.3 is 5.32 Å². The van der Waals surface area contributed by atoms with E-state index in [1.54, 1.807) is 0 Å². The zero-order valence-electron chi connectivity index (χ0n) is 9.46. The summed E-state index contributed by atoms with van der Waals surface area (Å²) in [6, 6.07) is 0. The van der Waals surface area contributed by atoms with Gasteiger partial charge in [-0.25, -0.2) is 0 Å². The summed E-state index contributed by atoms with van der Waals surface area (Å²) in [6.45, 7) is 9.85. The molecule has 1 rings (SSSR count). The SMILES string of the molecule is C=C(C)C(=O)C1(C(=O)C(=C)C)SC(=S)NC1=O. The van der Waals surface area contributed by atoms with Crippen LogP contribution in [0.2, 0.25) is 0 Å². The van der Waals surface area contributed by atoms with Crippen LogP contribution >= 0.6 is 24.0 Å². The smallest absolute Gasteiger partial charge is 0.258 e. The normalized spacial score (nSPS) is 17.5.